The Labute approximate surface area is 305 Å². The number of imidazole rings is 1. The predicted octanol–water partition coefficient (Wildman–Crippen LogP) is 9.56. The molecule has 6 heteroatoms. The summed E-state index contributed by atoms with van der Waals surface area (Å²) in [5.41, 5.74) is 6.47. The van der Waals surface area contributed by atoms with Crippen LogP contribution in [0.1, 0.15) is 26.3 Å². The maximum absolute atomic E-state index is 14.2. The van der Waals surface area contributed by atoms with Gasteiger partial charge in [-0.1, -0.05) is 141 Å². The summed E-state index contributed by atoms with van der Waals surface area (Å²) in [5, 5.41) is 6.77. The summed E-state index contributed by atoms with van der Waals surface area (Å²) < 4.78 is 16.5. The van der Waals surface area contributed by atoms with E-state index in [0.717, 1.165) is 59.8 Å². The fraction of sp³-hybridized carbons (Fsp3) is 0.0909. The third-order valence-corrected chi connectivity index (χ3v) is 12.1. The summed E-state index contributed by atoms with van der Waals surface area (Å²) >= 11 is 0. The molecule has 1 radical (unpaired) electrons. The van der Waals surface area contributed by atoms with Crippen LogP contribution in [-0.2, 0) is 30.1 Å². The first kappa shape index (κ1) is 33.6. The zero-order valence-electron chi connectivity index (χ0n) is 28.0. The van der Waals surface area contributed by atoms with Gasteiger partial charge in [0.1, 0.15) is 7.14 Å². The Morgan fingerprint density at radius 3 is 2.00 bits per heavy atom. The second kappa shape index (κ2) is 13.4. The summed E-state index contributed by atoms with van der Waals surface area (Å²) in [7, 11) is -2.94. The first-order chi connectivity index (χ1) is 23.8. The third-order valence-electron chi connectivity index (χ3n) is 9.10. The Balaban J connectivity index is 0.000000154. The van der Waals surface area contributed by atoms with E-state index >= 15 is 0 Å². The molecule has 0 N–H and O–H groups in total. The molecule has 0 amide bonds. The maximum atomic E-state index is 14.2. The van der Waals surface area contributed by atoms with Crippen molar-refractivity contribution in [2.45, 2.75) is 26.2 Å². The molecule has 0 fully saturated rings. The van der Waals surface area contributed by atoms with Crippen LogP contribution in [0.15, 0.2) is 152 Å². The minimum Gasteiger partial charge on any atom is -0.351 e. The van der Waals surface area contributed by atoms with Gasteiger partial charge in [0, 0.05) is 36.2 Å². The van der Waals surface area contributed by atoms with Crippen LogP contribution in [0.4, 0.5) is 0 Å². The van der Waals surface area contributed by atoms with Crippen molar-refractivity contribution in [3.05, 3.63) is 169 Å². The summed E-state index contributed by atoms with van der Waals surface area (Å²) in [6.07, 6.45) is 1.82. The molecular formula is C44H34IrN3OP-2. The van der Waals surface area contributed by atoms with Crippen molar-refractivity contribution < 1.29 is 24.7 Å². The standard InChI is InChI=1S/C22H18N3.C22H16OP.Ir/c1-22(2,3)15-9-6-12-18-19(15)20-14(8-7-13-23-20)21-24-16-10-4-5-11-17(16)25(18)21;23-24(20-11-3-1-4-12-20,21-13-5-2-6-14-21)22-16-15-18-9-7-8-10-19(18)17-22;/h4-7,9-13H,1-3H3;1-15,17H;/q2*-1;. The van der Waals surface area contributed by atoms with E-state index < -0.39 is 7.14 Å². The first-order valence-electron chi connectivity index (χ1n) is 16.5. The third kappa shape index (κ3) is 5.76. The number of rotatable bonds is 3. The van der Waals surface area contributed by atoms with Crippen molar-refractivity contribution in [3.8, 4) is 0 Å². The number of nitrogens with zero attached hydrogens (tertiary/aromatic N) is 3. The minimum atomic E-state index is -2.94. The molecule has 0 aliphatic rings. The van der Waals surface area contributed by atoms with Crippen LogP contribution in [0.5, 0.6) is 0 Å². The van der Waals surface area contributed by atoms with Crippen LogP contribution in [0.25, 0.3) is 49.3 Å². The molecule has 9 aromatic rings. The SMILES string of the molecule is CC(C)(C)c1cccc2c1c1ncc[c-]c1c1nc3ccccc3n21.O=P(c1[c-]cc2ccccc2c1)(c1ccccc1)c1ccccc1.[Ir]. The van der Waals surface area contributed by atoms with Gasteiger partial charge in [-0.2, -0.15) is 18.2 Å². The molecule has 0 unspecified atom stereocenters. The summed E-state index contributed by atoms with van der Waals surface area (Å²) in [5.74, 6) is 0. The largest absolute Gasteiger partial charge is 0.351 e. The molecule has 50 heavy (non-hydrogen) atoms. The average Bonchev–Trinajstić information content (AvgIpc) is 3.55. The van der Waals surface area contributed by atoms with Gasteiger partial charge in [0.25, 0.3) is 0 Å². The molecule has 0 bridgehead atoms. The molecule has 9 rings (SSSR count). The number of pyridine rings is 2. The monoisotopic (exact) mass is 844 g/mol. The van der Waals surface area contributed by atoms with Gasteiger partial charge in [-0.15, -0.1) is 29.0 Å². The molecular weight excluding hydrogens is 810 g/mol. The van der Waals surface area contributed by atoms with Gasteiger partial charge in [-0.3, -0.25) is 4.98 Å². The fourth-order valence-electron chi connectivity index (χ4n) is 6.76. The van der Waals surface area contributed by atoms with Crippen LogP contribution in [0, 0.1) is 12.1 Å². The van der Waals surface area contributed by atoms with Crippen LogP contribution in [0.2, 0.25) is 0 Å². The van der Waals surface area contributed by atoms with E-state index in [4.69, 9.17) is 9.97 Å². The Morgan fingerprint density at radius 2 is 1.30 bits per heavy atom. The van der Waals surface area contributed by atoms with Gasteiger partial charge in [0.05, 0.1) is 16.7 Å². The number of para-hydroxylation sites is 2. The molecule has 247 valence electrons. The van der Waals surface area contributed by atoms with Gasteiger partial charge in [0.15, 0.2) is 0 Å². The zero-order chi connectivity index (χ0) is 33.6. The number of aromatic nitrogens is 3. The van der Waals surface area contributed by atoms with Gasteiger partial charge < -0.3 is 13.9 Å². The Morgan fingerprint density at radius 1 is 0.680 bits per heavy atom. The van der Waals surface area contributed by atoms with Gasteiger partial charge in [-0.25, -0.2) is 0 Å². The normalized spacial score (nSPS) is 11.8. The Hall–Kier alpha value is -4.92. The van der Waals surface area contributed by atoms with E-state index in [9.17, 15) is 4.57 Å². The molecule has 0 aliphatic heterocycles. The topological polar surface area (TPSA) is 47.3 Å². The molecule has 0 spiro atoms. The molecule has 0 atom stereocenters. The molecule has 6 aromatic carbocycles. The van der Waals surface area contributed by atoms with Crippen molar-refractivity contribution in [2.24, 2.45) is 0 Å². The van der Waals surface area contributed by atoms with Gasteiger partial charge in [-0.05, 0) is 40.1 Å². The van der Waals surface area contributed by atoms with Crippen LogP contribution in [0.3, 0.4) is 0 Å². The molecule has 4 nitrogen and oxygen atoms in total. The zero-order valence-corrected chi connectivity index (χ0v) is 31.3. The Bertz CT molecular complexity index is 2640. The molecule has 3 heterocycles. The van der Waals surface area contributed by atoms with E-state index in [2.05, 4.69) is 73.7 Å². The molecule has 0 aliphatic carbocycles. The average molecular weight is 844 g/mol. The van der Waals surface area contributed by atoms with E-state index in [0.29, 0.717) is 0 Å². The molecule has 0 saturated heterocycles. The minimum absolute atomic E-state index is 0. The van der Waals surface area contributed by atoms with Crippen LogP contribution < -0.4 is 15.9 Å². The predicted molar refractivity (Wildman–Crippen MR) is 205 cm³/mol. The van der Waals surface area contributed by atoms with Gasteiger partial charge in [0.2, 0.25) is 0 Å². The first-order valence-corrected chi connectivity index (χ1v) is 18.2. The van der Waals surface area contributed by atoms with Crippen molar-refractivity contribution in [2.75, 3.05) is 0 Å². The summed E-state index contributed by atoms with van der Waals surface area (Å²) in [6, 6.07) is 54.8. The van der Waals surface area contributed by atoms with Gasteiger partial charge >= 0.3 is 0 Å². The van der Waals surface area contributed by atoms with Crippen molar-refractivity contribution in [1.29, 1.82) is 0 Å². The number of hydrogen-bond donors (Lipinski definition) is 0. The van der Waals surface area contributed by atoms with Crippen molar-refractivity contribution >= 4 is 72.3 Å². The fourth-order valence-corrected chi connectivity index (χ4v) is 9.37. The summed E-state index contributed by atoms with van der Waals surface area (Å²) in [4.78, 5) is 9.60. The second-order valence-corrected chi connectivity index (χ2v) is 16.0. The van der Waals surface area contributed by atoms with Crippen LogP contribution in [-0.4, -0.2) is 14.4 Å². The number of hydrogen-bond acceptors (Lipinski definition) is 3. The van der Waals surface area contributed by atoms with E-state index in [1.165, 1.54) is 10.9 Å². The number of benzene rings is 6. The quantitative estimate of drug-likeness (QED) is 0.101. The van der Waals surface area contributed by atoms with Crippen molar-refractivity contribution in [1.82, 2.24) is 14.4 Å². The second-order valence-electron chi connectivity index (χ2n) is 13.2. The van der Waals surface area contributed by atoms with E-state index in [1.54, 1.807) is 0 Å². The smallest absolute Gasteiger partial charge is 0.147 e. The number of fused-ring (bicyclic) bond motifs is 9. The van der Waals surface area contributed by atoms with E-state index in [-0.39, 0.29) is 25.5 Å². The Kier molecular flexibility index (Phi) is 9.01. The molecule has 3 aromatic heterocycles. The van der Waals surface area contributed by atoms with Crippen LogP contribution >= 0.6 is 7.14 Å². The van der Waals surface area contributed by atoms with E-state index in [1.807, 2.05) is 115 Å². The summed E-state index contributed by atoms with van der Waals surface area (Å²) in [6.45, 7) is 6.74. The maximum Gasteiger partial charge on any atom is 0.147 e. The van der Waals surface area contributed by atoms with Crippen molar-refractivity contribution in [3.63, 3.8) is 0 Å². The molecule has 0 saturated carbocycles.